The summed E-state index contributed by atoms with van der Waals surface area (Å²) in [6.07, 6.45) is 0.985. The summed E-state index contributed by atoms with van der Waals surface area (Å²) in [4.78, 5) is 37.8. The summed E-state index contributed by atoms with van der Waals surface area (Å²) < 4.78 is 10.4. The highest BCUT2D eigenvalue weighted by atomic mass is 16.5. The van der Waals surface area contributed by atoms with Gasteiger partial charge in [-0.1, -0.05) is 0 Å². The van der Waals surface area contributed by atoms with Gasteiger partial charge in [-0.25, -0.2) is 4.79 Å². The smallest absolute Gasteiger partial charge is 0.341 e. The van der Waals surface area contributed by atoms with Gasteiger partial charge in [-0.2, -0.15) is 0 Å². The van der Waals surface area contributed by atoms with Crippen LogP contribution in [0.4, 0.5) is 0 Å². The van der Waals surface area contributed by atoms with Gasteiger partial charge in [0.15, 0.2) is 0 Å². The Labute approximate surface area is 116 Å². The number of carboxylic acid groups (broad SMARTS) is 1. The van der Waals surface area contributed by atoms with Gasteiger partial charge in [0.05, 0.1) is 12.5 Å². The van der Waals surface area contributed by atoms with Gasteiger partial charge in [0.1, 0.15) is 22.4 Å². The number of carbonyl (C=O) groups is 1. The first kappa shape index (κ1) is 12.9. The molecule has 3 rings (SSSR count). The number of hydrogen-bond acceptors (Lipinski definition) is 5. The van der Waals surface area contributed by atoms with Crippen molar-refractivity contribution < 1.29 is 19.1 Å². The number of hydrogen-bond donors (Lipinski definition) is 2. The highest BCUT2D eigenvalue weighted by Crippen LogP contribution is 2.20. The van der Waals surface area contributed by atoms with Gasteiger partial charge >= 0.3 is 5.97 Å². The lowest BCUT2D eigenvalue weighted by atomic mass is 10.1. The van der Waals surface area contributed by atoms with Gasteiger partial charge in [-0.05, 0) is 12.1 Å². The molecule has 7 heteroatoms. The van der Waals surface area contributed by atoms with Crippen molar-refractivity contribution >= 4 is 28.0 Å². The molecular weight excluding hydrogens is 278 g/mol. The quantitative estimate of drug-likeness (QED) is 0.688. The zero-order valence-corrected chi connectivity index (χ0v) is 10.8. The maximum absolute atomic E-state index is 12.3. The predicted molar refractivity (Wildman–Crippen MR) is 74.1 cm³/mol. The maximum atomic E-state index is 12.3. The monoisotopic (exact) mass is 287 g/mol. The lowest BCUT2D eigenvalue weighted by molar-refractivity contribution is 0.0695. The van der Waals surface area contributed by atoms with E-state index in [0.717, 1.165) is 6.20 Å². The molecule has 0 saturated heterocycles. The molecule has 0 aliphatic heterocycles. The zero-order chi connectivity index (χ0) is 15.1. The molecule has 21 heavy (non-hydrogen) atoms. The third kappa shape index (κ3) is 1.86. The molecule has 1 aromatic carbocycles. The Balaban J connectivity index is 2.51. The van der Waals surface area contributed by atoms with Crippen LogP contribution < -0.4 is 15.6 Å². The van der Waals surface area contributed by atoms with Crippen molar-refractivity contribution in [3.63, 3.8) is 0 Å². The Kier molecular flexibility index (Phi) is 2.76. The second-order valence-electron chi connectivity index (χ2n) is 4.33. The first-order valence-electron chi connectivity index (χ1n) is 5.92. The molecule has 7 nitrogen and oxygen atoms in total. The van der Waals surface area contributed by atoms with Crippen molar-refractivity contribution in [2.45, 2.75) is 0 Å². The summed E-state index contributed by atoms with van der Waals surface area (Å²) >= 11 is 0. The second-order valence-corrected chi connectivity index (χ2v) is 4.33. The Bertz CT molecular complexity index is 998. The Hall–Kier alpha value is -3.09. The van der Waals surface area contributed by atoms with Crippen molar-refractivity contribution in [2.75, 3.05) is 7.11 Å². The Morgan fingerprint density at radius 2 is 2.05 bits per heavy atom. The maximum Gasteiger partial charge on any atom is 0.341 e. The molecule has 0 radical (unpaired) electrons. The molecule has 0 aliphatic carbocycles. The topological polar surface area (TPSA) is 110 Å². The van der Waals surface area contributed by atoms with Crippen LogP contribution in [0.3, 0.4) is 0 Å². The van der Waals surface area contributed by atoms with Crippen LogP contribution in [-0.2, 0) is 0 Å². The SMILES string of the molecule is COc1ccc2c(=O)c3[nH]cc(C(=O)O)c(=O)c3oc2c1. The molecule has 0 atom stereocenters. The second kappa shape index (κ2) is 4.48. The van der Waals surface area contributed by atoms with Crippen LogP contribution in [0.5, 0.6) is 5.75 Å². The van der Waals surface area contributed by atoms with Crippen molar-refractivity contribution in [1.29, 1.82) is 0 Å². The van der Waals surface area contributed by atoms with Crippen LogP contribution in [-0.4, -0.2) is 23.2 Å². The van der Waals surface area contributed by atoms with E-state index < -0.39 is 22.4 Å². The lowest BCUT2D eigenvalue weighted by Gasteiger charge is -2.04. The largest absolute Gasteiger partial charge is 0.497 e. The fraction of sp³-hybridized carbons (Fsp3) is 0.0714. The van der Waals surface area contributed by atoms with E-state index in [0.29, 0.717) is 5.75 Å². The van der Waals surface area contributed by atoms with Crippen molar-refractivity contribution in [1.82, 2.24) is 4.98 Å². The Morgan fingerprint density at radius 1 is 1.29 bits per heavy atom. The third-order valence-electron chi connectivity index (χ3n) is 3.14. The van der Waals surface area contributed by atoms with Crippen LogP contribution >= 0.6 is 0 Å². The van der Waals surface area contributed by atoms with Crippen molar-refractivity contribution in [2.24, 2.45) is 0 Å². The number of carboxylic acids is 1. The summed E-state index contributed by atoms with van der Waals surface area (Å²) in [5.74, 6) is -0.942. The van der Waals surface area contributed by atoms with Crippen LogP contribution in [0.25, 0.3) is 22.1 Å². The summed E-state index contributed by atoms with van der Waals surface area (Å²) in [6, 6.07) is 4.57. The van der Waals surface area contributed by atoms with Gasteiger partial charge in [-0.15, -0.1) is 0 Å². The summed E-state index contributed by atoms with van der Waals surface area (Å²) in [6.45, 7) is 0. The number of aromatic nitrogens is 1. The number of fused-ring (bicyclic) bond motifs is 2. The molecule has 106 valence electrons. The molecule has 0 spiro atoms. The number of nitrogens with one attached hydrogen (secondary N) is 1. The molecular formula is C14H9NO6. The number of pyridine rings is 1. The minimum absolute atomic E-state index is 0.0670. The molecule has 2 N–H and O–H groups in total. The summed E-state index contributed by atoms with van der Waals surface area (Å²) in [5, 5.41) is 9.20. The zero-order valence-electron chi connectivity index (χ0n) is 10.8. The number of ether oxygens (including phenoxy) is 1. The number of rotatable bonds is 2. The first-order chi connectivity index (χ1) is 10.0. The minimum Gasteiger partial charge on any atom is -0.497 e. The van der Waals surface area contributed by atoms with E-state index in [2.05, 4.69) is 4.98 Å². The van der Waals surface area contributed by atoms with Gasteiger partial charge in [-0.3, -0.25) is 9.59 Å². The van der Waals surface area contributed by atoms with Gasteiger partial charge in [0.2, 0.25) is 16.4 Å². The van der Waals surface area contributed by atoms with E-state index in [-0.39, 0.29) is 22.1 Å². The number of aromatic amines is 1. The number of aromatic carboxylic acids is 1. The third-order valence-corrected chi connectivity index (χ3v) is 3.14. The molecule has 2 heterocycles. The lowest BCUT2D eigenvalue weighted by Crippen LogP contribution is -2.18. The number of benzene rings is 1. The number of methoxy groups -OCH3 is 1. The molecule has 0 saturated carbocycles. The van der Waals surface area contributed by atoms with Crippen LogP contribution in [0.1, 0.15) is 10.4 Å². The van der Waals surface area contributed by atoms with E-state index in [4.69, 9.17) is 14.3 Å². The fourth-order valence-corrected chi connectivity index (χ4v) is 2.08. The van der Waals surface area contributed by atoms with Gasteiger partial charge in [0.25, 0.3) is 0 Å². The first-order valence-corrected chi connectivity index (χ1v) is 5.92. The van der Waals surface area contributed by atoms with Crippen molar-refractivity contribution in [3.05, 3.63) is 50.4 Å². The van der Waals surface area contributed by atoms with E-state index in [1.165, 1.54) is 19.2 Å². The highest BCUT2D eigenvalue weighted by Gasteiger charge is 2.17. The van der Waals surface area contributed by atoms with E-state index in [1.807, 2.05) is 0 Å². The number of H-pyrrole nitrogens is 1. The van der Waals surface area contributed by atoms with Crippen LogP contribution in [0.2, 0.25) is 0 Å². The van der Waals surface area contributed by atoms with E-state index >= 15 is 0 Å². The average Bonchev–Trinajstić information content (AvgIpc) is 2.47. The van der Waals surface area contributed by atoms with Crippen molar-refractivity contribution in [3.8, 4) is 5.75 Å². The minimum atomic E-state index is -1.40. The molecule has 0 bridgehead atoms. The molecule has 0 unspecified atom stereocenters. The van der Waals surface area contributed by atoms with E-state index in [1.54, 1.807) is 6.07 Å². The molecule has 0 amide bonds. The van der Waals surface area contributed by atoms with Gasteiger partial charge in [0, 0.05) is 12.3 Å². The molecule has 3 aromatic rings. The van der Waals surface area contributed by atoms with Crippen LogP contribution in [0.15, 0.2) is 38.4 Å². The Morgan fingerprint density at radius 3 is 2.71 bits per heavy atom. The molecule has 2 aromatic heterocycles. The predicted octanol–water partition coefficient (Wildman–Crippen LogP) is 1.34. The molecule has 0 aliphatic rings. The van der Waals surface area contributed by atoms with Gasteiger partial charge < -0.3 is 19.2 Å². The molecule has 0 fully saturated rings. The van der Waals surface area contributed by atoms with E-state index in [9.17, 15) is 14.4 Å². The van der Waals surface area contributed by atoms with Crippen LogP contribution in [0, 0.1) is 0 Å². The summed E-state index contributed by atoms with van der Waals surface area (Å²) in [5.41, 5.74) is -2.02. The average molecular weight is 287 g/mol. The standard InChI is InChI=1S/C14H9NO6/c1-20-6-2-3-7-9(4-6)21-13-10(11(7)16)15-5-8(12(13)17)14(18)19/h2-5H,1H3,(H,15,17)(H,18,19). The fourth-order valence-electron chi connectivity index (χ4n) is 2.08. The highest BCUT2D eigenvalue weighted by molar-refractivity contribution is 5.93. The normalized spacial score (nSPS) is 10.9. The summed E-state index contributed by atoms with van der Waals surface area (Å²) in [7, 11) is 1.45.